The zero-order valence-electron chi connectivity index (χ0n) is 16.4. The average molecular weight is 440 g/mol. The van der Waals surface area contributed by atoms with Crippen molar-refractivity contribution in [2.75, 3.05) is 18.4 Å². The summed E-state index contributed by atoms with van der Waals surface area (Å²) in [6.45, 7) is 2.17. The van der Waals surface area contributed by atoms with Crippen molar-refractivity contribution < 1.29 is 26.4 Å². The lowest BCUT2D eigenvalue weighted by molar-refractivity contribution is -0.137. The predicted molar refractivity (Wildman–Crippen MR) is 107 cm³/mol. The van der Waals surface area contributed by atoms with Crippen molar-refractivity contribution >= 4 is 21.6 Å². The number of amides is 1. The van der Waals surface area contributed by atoms with Crippen molar-refractivity contribution in [3.63, 3.8) is 0 Å². The summed E-state index contributed by atoms with van der Waals surface area (Å²) in [5.41, 5.74) is 0.778. The van der Waals surface area contributed by atoms with Crippen LogP contribution in [0.15, 0.2) is 53.4 Å². The summed E-state index contributed by atoms with van der Waals surface area (Å²) in [7, 11) is -4.06. The molecule has 1 aliphatic rings. The van der Waals surface area contributed by atoms with Crippen LogP contribution in [0.1, 0.15) is 30.9 Å². The molecule has 0 radical (unpaired) electrons. The van der Waals surface area contributed by atoms with Gasteiger partial charge in [-0.1, -0.05) is 25.1 Å². The fraction of sp³-hybridized carbons (Fsp3) is 0.381. The summed E-state index contributed by atoms with van der Waals surface area (Å²) < 4.78 is 65.4. The van der Waals surface area contributed by atoms with Crippen molar-refractivity contribution in [3.05, 3.63) is 59.7 Å². The van der Waals surface area contributed by atoms with Crippen LogP contribution in [0.2, 0.25) is 0 Å². The van der Waals surface area contributed by atoms with Gasteiger partial charge >= 0.3 is 6.18 Å². The molecule has 0 aromatic heterocycles. The Balaban J connectivity index is 1.65. The number of sulfonamides is 1. The Hall–Kier alpha value is -2.39. The van der Waals surface area contributed by atoms with Gasteiger partial charge in [-0.2, -0.15) is 17.5 Å². The van der Waals surface area contributed by atoms with Gasteiger partial charge in [0, 0.05) is 24.7 Å². The third kappa shape index (κ3) is 5.02. The van der Waals surface area contributed by atoms with E-state index in [1.165, 1.54) is 0 Å². The minimum atomic E-state index is -4.62. The first-order valence-electron chi connectivity index (χ1n) is 9.68. The van der Waals surface area contributed by atoms with E-state index in [0.717, 1.165) is 34.5 Å². The second-order valence-corrected chi connectivity index (χ2v) is 9.19. The van der Waals surface area contributed by atoms with Crippen LogP contribution in [0.3, 0.4) is 0 Å². The lowest BCUT2D eigenvalue weighted by atomic mass is 9.97. The number of alkyl halides is 3. The number of aryl methyl sites for hydroxylation is 1. The van der Waals surface area contributed by atoms with Gasteiger partial charge in [-0.3, -0.25) is 4.79 Å². The molecule has 1 aliphatic heterocycles. The molecule has 0 saturated carbocycles. The van der Waals surface area contributed by atoms with E-state index >= 15 is 0 Å². The molecule has 2 aromatic carbocycles. The average Bonchev–Trinajstić information content (AvgIpc) is 2.73. The smallest absolute Gasteiger partial charge is 0.326 e. The maximum atomic E-state index is 12.9. The lowest BCUT2D eigenvalue weighted by Gasteiger charge is -2.30. The van der Waals surface area contributed by atoms with Crippen molar-refractivity contribution in [1.82, 2.24) is 4.31 Å². The minimum Gasteiger partial charge on any atom is -0.326 e. The molecule has 1 saturated heterocycles. The summed E-state index contributed by atoms with van der Waals surface area (Å²) in [4.78, 5) is 12.2. The highest BCUT2D eigenvalue weighted by Gasteiger charge is 2.35. The number of hydrogen-bond acceptors (Lipinski definition) is 3. The number of carbonyl (C=O) groups is 1. The third-order valence-corrected chi connectivity index (χ3v) is 7.12. The monoisotopic (exact) mass is 440 g/mol. The Morgan fingerprint density at radius 1 is 1.10 bits per heavy atom. The molecule has 2 aromatic rings. The van der Waals surface area contributed by atoms with Crippen LogP contribution in [-0.2, 0) is 27.4 Å². The van der Waals surface area contributed by atoms with Crippen LogP contribution in [0.25, 0.3) is 0 Å². The van der Waals surface area contributed by atoms with E-state index in [2.05, 4.69) is 5.32 Å². The quantitative estimate of drug-likeness (QED) is 0.754. The van der Waals surface area contributed by atoms with E-state index in [4.69, 9.17) is 0 Å². The molecule has 0 aliphatic carbocycles. The molecule has 1 fully saturated rings. The van der Waals surface area contributed by atoms with E-state index in [1.807, 2.05) is 25.1 Å². The number of halogens is 3. The molecule has 3 rings (SSSR count). The van der Waals surface area contributed by atoms with E-state index in [9.17, 15) is 26.4 Å². The Bertz CT molecular complexity index is 1010. The van der Waals surface area contributed by atoms with E-state index in [1.54, 1.807) is 6.07 Å². The normalized spacial score (nSPS) is 16.4. The lowest BCUT2D eigenvalue weighted by Crippen LogP contribution is -2.41. The fourth-order valence-electron chi connectivity index (χ4n) is 3.45. The maximum Gasteiger partial charge on any atom is 0.416 e. The summed E-state index contributed by atoms with van der Waals surface area (Å²) in [6.07, 6.45) is -3.17. The number of anilines is 1. The molecule has 9 heteroatoms. The summed E-state index contributed by atoms with van der Waals surface area (Å²) in [6, 6.07) is 11.2. The number of benzene rings is 2. The fourth-order valence-corrected chi connectivity index (χ4v) is 4.97. The first-order valence-corrected chi connectivity index (χ1v) is 11.1. The highest BCUT2D eigenvalue weighted by molar-refractivity contribution is 7.89. The molecule has 30 heavy (non-hydrogen) atoms. The van der Waals surface area contributed by atoms with Gasteiger partial charge in [0.2, 0.25) is 15.9 Å². The van der Waals surface area contributed by atoms with Gasteiger partial charge in [-0.05, 0) is 55.2 Å². The van der Waals surface area contributed by atoms with Crippen LogP contribution in [0.5, 0.6) is 0 Å². The van der Waals surface area contributed by atoms with Crippen LogP contribution in [-0.4, -0.2) is 31.7 Å². The van der Waals surface area contributed by atoms with Gasteiger partial charge in [0.1, 0.15) is 0 Å². The molecule has 0 spiro atoms. The van der Waals surface area contributed by atoms with Crippen molar-refractivity contribution in [1.29, 1.82) is 0 Å². The van der Waals surface area contributed by atoms with E-state index in [0.29, 0.717) is 24.6 Å². The number of carbonyl (C=O) groups excluding carboxylic acids is 1. The standard InChI is InChI=1S/C21H23F3N2O3S/c1-2-15-5-3-7-18(13-15)25-20(27)16-9-11-26(12-10-16)30(28,29)19-8-4-6-17(14-19)21(22,23)24/h3-8,13-14,16H,2,9-12H2,1H3,(H,25,27). The Kier molecular flexibility index (Phi) is 6.52. The predicted octanol–water partition coefficient (Wildman–Crippen LogP) is 4.31. The Morgan fingerprint density at radius 3 is 2.40 bits per heavy atom. The highest BCUT2D eigenvalue weighted by Crippen LogP contribution is 2.32. The molecule has 5 nitrogen and oxygen atoms in total. The Morgan fingerprint density at radius 2 is 1.77 bits per heavy atom. The van der Waals surface area contributed by atoms with Gasteiger partial charge in [-0.25, -0.2) is 8.42 Å². The molecule has 1 amide bonds. The molecule has 0 atom stereocenters. The van der Waals surface area contributed by atoms with Crippen LogP contribution < -0.4 is 5.32 Å². The second-order valence-electron chi connectivity index (χ2n) is 7.25. The molecule has 1 heterocycles. The summed E-state index contributed by atoms with van der Waals surface area (Å²) in [5, 5.41) is 2.86. The van der Waals surface area contributed by atoms with Crippen molar-refractivity contribution in [3.8, 4) is 0 Å². The maximum absolute atomic E-state index is 12.9. The van der Waals surface area contributed by atoms with Gasteiger partial charge in [0.15, 0.2) is 0 Å². The number of piperidine rings is 1. The molecule has 162 valence electrons. The van der Waals surface area contributed by atoms with E-state index < -0.39 is 26.7 Å². The number of hydrogen-bond donors (Lipinski definition) is 1. The van der Waals surface area contributed by atoms with Gasteiger partial charge in [0.05, 0.1) is 10.5 Å². The highest BCUT2D eigenvalue weighted by atomic mass is 32.2. The van der Waals surface area contributed by atoms with Gasteiger partial charge < -0.3 is 5.32 Å². The number of nitrogens with one attached hydrogen (secondary N) is 1. The van der Waals surface area contributed by atoms with Crippen LogP contribution >= 0.6 is 0 Å². The van der Waals surface area contributed by atoms with Crippen molar-refractivity contribution in [2.45, 2.75) is 37.3 Å². The Labute approximate surface area is 173 Å². The third-order valence-electron chi connectivity index (χ3n) is 5.23. The number of nitrogens with zero attached hydrogens (tertiary/aromatic N) is 1. The first-order chi connectivity index (χ1) is 14.1. The second kappa shape index (κ2) is 8.77. The minimum absolute atomic E-state index is 0.0751. The van der Waals surface area contributed by atoms with Gasteiger partial charge in [-0.15, -0.1) is 0 Å². The largest absolute Gasteiger partial charge is 0.416 e. The summed E-state index contributed by atoms with van der Waals surface area (Å²) >= 11 is 0. The zero-order valence-corrected chi connectivity index (χ0v) is 17.3. The summed E-state index contributed by atoms with van der Waals surface area (Å²) in [5.74, 6) is -0.539. The number of rotatable bonds is 5. The molecule has 0 unspecified atom stereocenters. The van der Waals surface area contributed by atoms with Crippen LogP contribution in [0.4, 0.5) is 18.9 Å². The molecule has 1 N–H and O–H groups in total. The van der Waals surface area contributed by atoms with E-state index in [-0.39, 0.29) is 24.9 Å². The molecular weight excluding hydrogens is 417 g/mol. The topological polar surface area (TPSA) is 66.5 Å². The first kappa shape index (κ1) is 22.3. The molecule has 0 bridgehead atoms. The molecular formula is C21H23F3N2O3S. The van der Waals surface area contributed by atoms with Gasteiger partial charge in [0.25, 0.3) is 0 Å². The van der Waals surface area contributed by atoms with Crippen molar-refractivity contribution in [2.24, 2.45) is 5.92 Å². The van der Waals surface area contributed by atoms with Crippen LogP contribution in [0, 0.1) is 5.92 Å². The SMILES string of the molecule is CCc1cccc(NC(=O)C2CCN(S(=O)(=O)c3cccc(C(F)(F)F)c3)CC2)c1. The zero-order chi connectivity index (χ0) is 21.9.